The van der Waals surface area contributed by atoms with E-state index in [0.717, 1.165) is 49.2 Å². The molecule has 5 nitrogen and oxygen atoms in total. The molecule has 2 aliphatic rings. The average molecular weight is 276 g/mol. The minimum Gasteiger partial charge on any atom is -0.347 e. The number of fused-ring (bicyclic) bond motifs is 1. The molecule has 1 amide bonds. The van der Waals surface area contributed by atoms with Gasteiger partial charge in [0.1, 0.15) is 0 Å². The number of aromatic nitrogens is 2. The van der Waals surface area contributed by atoms with E-state index in [4.69, 9.17) is 0 Å². The topological polar surface area (TPSA) is 61.0 Å². The molecule has 0 bridgehead atoms. The maximum atomic E-state index is 12.6. The molecule has 0 radical (unpaired) electrons. The van der Waals surface area contributed by atoms with E-state index < -0.39 is 0 Å². The molecule has 2 aliphatic heterocycles. The highest BCUT2D eigenvalue weighted by Crippen LogP contribution is 2.25. The Kier molecular flexibility index (Phi) is 3.78. The Morgan fingerprint density at radius 2 is 2.15 bits per heavy atom. The number of amides is 1. The highest BCUT2D eigenvalue weighted by atomic mass is 16.2. The van der Waals surface area contributed by atoms with Crippen LogP contribution in [0.3, 0.4) is 0 Å². The number of rotatable bonds is 2. The molecule has 0 aromatic carbocycles. The molecule has 0 aliphatic carbocycles. The third kappa shape index (κ3) is 2.59. The van der Waals surface area contributed by atoms with Crippen molar-refractivity contribution in [3.63, 3.8) is 0 Å². The van der Waals surface area contributed by atoms with E-state index in [0.29, 0.717) is 13.0 Å². The first-order chi connectivity index (χ1) is 9.65. The SMILES string of the molecule is CC(C)C1CCN(C(=O)C2Cc3nc[nH]c3CN2)CC1. The van der Waals surface area contributed by atoms with Crippen LogP contribution in [-0.2, 0) is 17.8 Å². The van der Waals surface area contributed by atoms with E-state index in [1.807, 2.05) is 4.90 Å². The molecule has 5 heteroatoms. The van der Waals surface area contributed by atoms with Crippen molar-refractivity contribution < 1.29 is 4.79 Å². The van der Waals surface area contributed by atoms with Gasteiger partial charge < -0.3 is 9.88 Å². The van der Waals surface area contributed by atoms with Crippen molar-refractivity contribution in [2.24, 2.45) is 11.8 Å². The smallest absolute Gasteiger partial charge is 0.240 e. The largest absolute Gasteiger partial charge is 0.347 e. The highest BCUT2D eigenvalue weighted by Gasteiger charge is 2.31. The van der Waals surface area contributed by atoms with Crippen LogP contribution in [-0.4, -0.2) is 39.9 Å². The number of likely N-dealkylation sites (tertiary alicyclic amines) is 1. The molecular weight excluding hydrogens is 252 g/mol. The Balaban J connectivity index is 1.58. The highest BCUT2D eigenvalue weighted by molar-refractivity contribution is 5.82. The van der Waals surface area contributed by atoms with Crippen molar-refractivity contribution in [1.82, 2.24) is 20.2 Å². The summed E-state index contributed by atoms with van der Waals surface area (Å²) in [5.41, 5.74) is 2.16. The third-order valence-corrected chi connectivity index (χ3v) is 4.82. The van der Waals surface area contributed by atoms with Crippen LogP contribution in [0.5, 0.6) is 0 Å². The number of piperidine rings is 1. The average Bonchev–Trinajstić information content (AvgIpc) is 2.94. The second-order valence-electron chi connectivity index (χ2n) is 6.37. The Labute approximate surface area is 120 Å². The molecule has 0 spiro atoms. The fourth-order valence-electron chi connectivity index (χ4n) is 3.35. The molecule has 20 heavy (non-hydrogen) atoms. The molecule has 1 aromatic rings. The van der Waals surface area contributed by atoms with Gasteiger partial charge in [-0.05, 0) is 24.7 Å². The van der Waals surface area contributed by atoms with Crippen LogP contribution in [0.4, 0.5) is 0 Å². The Morgan fingerprint density at radius 3 is 2.85 bits per heavy atom. The summed E-state index contributed by atoms with van der Waals surface area (Å²) in [5, 5.41) is 3.33. The number of nitrogens with zero attached hydrogens (tertiary/aromatic N) is 2. The number of carbonyl (C=O) groups is 1. The van der Waals surface area contributed by atoms with Gasteiger partial charge in [-0.1, -0.05) is 13.8 Å². The number of H-pyrrole nitrogens is 1. The van der Waals surface area contributed by atoms with E-state index in [9.17, 15) is 4.79 Å². The van der Waals surface area contributed by atoms with Gasteiger partial charge in [0.25, 0.3) is 0 Å². The summed E-state index contributed by atoms with van der Waals surface area (Å²) in [7, 11) is 0. The second kappa shape index (κ2) is 5.56. The van der Waals surface area contributed by atoms with Gasteiger partial charge in [0, 0.05) is 26.1 Å². The summed E-state index contributed by atoms with van der Waals surface area (Å²) in [6.45, 7) is 7.10. The van der Waals surface area contributed by atoms with E-state index in [2.05, 4.69) is 29.1 Å². The Hall–Kier alpha value is -1.36. The van der Waals surface area contributed by atoms with Gasteiger partial charge in [-0.3, -0.25) is 10.1 Å². The Bertz CT molecular complexity index is 474. The van der Waals surface area contributed by atoms with Crippen molar-refractivity contribution in [1.29, 1.82) is 0 Å². The minimum atomic E-state index is -0.0959. The lowest BCUT2D eigenvalue weighted by Gasteiger charge is -2.36. The first-order valence-electron chi connectivity index (χ1n) is 7.68. The fourth-order valence-corrected chi connectivity index (χ4v) is 3.35. The maximum absolute atomic E-state index is 12.6. The standard InChI is InChI=1S/C15H24N4O/c1-10(2)11-3-5-19(6-4-11)15(20)13-7-12-14(8-16-13)18-9-17-12/h9-11,13,16H,3-8H2,1-2H3,(H,17,18). The summed E-state index contributed by atoms with van der Waals surface area (Å²) in [5.74, 6) is 1.75. The molecule has 3 rings (SSSR count). The summed E-state index contributed by atoms with van der Waals surface area (Å²) in [4.78, 5) is 22.0. The molecule has 2 N–H and O–H groups in total. The lowest BCUT2D eigenvalue weighted by atomic mass is 9.86. The van der Waals surface area contributed by atoms with Crippen molar-refractivity contribution in [2.45, 2.75) is 45.7 Å². The first-order valence-corrected chi connectivity index (χ1v) is 7.68. The van der Waals surface area contributed by atoms with Gasteiger partial charge in [-0.15, -0.1) is 0 Å². The van der Waals surface area contributed by atoms with Gasteiger partial charge in [-0.25, -0.2) is 4.98 Å². The molecular formula is C15H24N4O. The number of aromatic amines is 1. The van der Waals surface area contributed by atoms with E-state index >= 15 is 0 Å². The van der Waals surface area contributed by atoms with Crippen LogP contribution in [0.2, 0.25) is 0 Å². The number of nitrogens with one attached hydrogen (secondary N) is 2. The number of hydrogen-bond acceptors (Lipinski definition) is 3. The van der Waals surface area contributed by atoms with Crippen molar-refractivity contribution in [3.05, 3.63) is 17.7 Å². The van der Waals surface area contributed by atoms with Gasteiger partial charge in [0.05, 0.1) is 23.8 Å². The molecule has 1 unspecified atom stereocenters. The van der Waals surface area contributed by atoms with E-state index in [-0.39, 0.29) is 11.9 Å². The van der Waals surface area contributed by atoms with Gasteiger partial charge >= 0.3 is 0 Å². The number of hydrogen-bond donors (Lipinski definition) is 2. The zero-order valence-corrected chi connectivity index (χ0v) is 12.4. The van der Waals surface area contributed by atoms with Crippen molar-refractivity contribution >= 4 is 5.91 Å². The summed E-state index contributed by atoms with van der Waals surface area (Å²) in [6, 6.07) is -0.0959. The van der Waals surface area contributed by atoms with E-state index in [1.165, 1.54) is 0 Å². The van der Waals surface area contributed by atoms with Crippen LogP contribution < -0.4 is 5.32 Å². The molecule has 1 aromatic heterocycles. The molecule has 0 saturated carbocycles. The minimum absolute atomic E-state index is 0.0959. The zero-order chi connectivity index (χ0) is 14.1. The number of carbonyl (C=O) groups excluding carboxylic acids is 1. The van der Waals surface area contributed by atoms with Crippen LogP contribution in [0, 0.1) is 11.8 Å². The lowest BCUT2D eigenvalue weighted by molar-refractivity contribution is -0.135. The van der Waals surface area contributed by atoms with Gasteiger partial charge in [0.2, 0.25) is 5.91 Å². The van der Waals surface area contributed by atoms with Gasteiger partial charge in [0.15, 0.2) is 0 Å². The summed E-state index contributed by atoms with van der Waals surface area (Å²) < 4.78 is 0. The molecule has 3 heterocycles. The normalized spacial score (nSPS) is 23.9. The monoisotopic (exact) mass is 276 g/mol. The molecule has 1 fully saturated rings. The van der Waals surface area contributed by atoms with Crippen molar-refractivity contribution in [3.8, 4) is 0 Å². The zero-order valence-electron chi connectivity index (χ0n) is 12.4. The molecule has 110 valence electrons. The second-order valence-corrected chi connectivity index (χ2v) is 6.37. The first kappa shape index (κ1) is 13.6. The predicted molar refractivity (Wildman–Crippen MR) is 77.1 cm³/mol. The van der Waals surface area contributed by atoms with Crippen LogP contribution in [0.15, 0.2) is 6.33 Å². The van der Waals surface area contributed by atoms with Crippen LogP contribution >= 0.6 is 0 Å². The third-order valence-electron chi connectivity index (χ3n) is 4.82. The van der Waals surface area contributed by atoms with Crippen LogP contribution in [0.1, 0.15) is 38.1 Å². The quantitative estimate of drug-likeness (QED) is 0.856. The Morgan fingerprint density at radius 1 is 1.40 bits per heavy atom. The van der Waals surface area contributed by atoms with E-state index in [1.54, 1.807) is 6.33 Å². The maximum Gasteiger partial charge on any atom is 0.240 e. The van der Waals surface area contributed by atoms with Gasteiger partial charge in [-0.2, -0.15) is 0 Å². The predicted octanol–water partition coefficient (Wildman–Crippen LogP) is 1.32. The fraction of sp³-hybridized carbons (Fsp3) is 0.733. The number of imidazole rings is 1. The molecule has 1 saturated heterocycles. The molecule has 1 atom stereocenters. The van der Waals surface area contributed by atoms with Crippen LogP contribution in [0.25, 0.3) is 0 Å². The lowest BCUT2D eigenvalue weighted by Crippen LogP contribution is -2.51. The summed E-state index contributed by atoms with van der Waals surface area (Å²) in [6.07, 6.45) is 4.71. The van der Waals surface area contributed by atoms with Crippen molar-refractivity contribution in [2.75, 3.05) is 13.1 Å². The summed E-state index contributed by atoms with van der Waals surface area (Å²) >= 11 is 0.